The van der Waals surface area contributed by atoms with E-state index in [4.69, 9.17) is 14.9 Å². The van der Waals surface area contributed by atoms with E-state index in [0.29, 0.717) is 6.54 Å². The van der Waals surface area contributed by atoms with Crippen LogP contribution in [0.3, 0.4) is 0 Å². The lowest BCUT2D eigenvalue weighted by Crippen LogP contribution is -2.30. The molecular formula is C9H21NO3. The maximum atomic E-state index is 8.95. The van der Waals surface area contributed by atoms with Crippen LogP contribution in [-0.4, -0.2) is 49.2 Å². The van der Waals surface area contributed by atoms with E-state index in [1.807, 2.05) is 0 Å². The zero-order valence-electron chi connectivity index (χ0n) is 8.33. The van der Waals surface area contributed by atoms with E-state index < -0.39 is 6.10 Å². The average Bonchev–Trinajstić information content (AvgIpc) is 2.16. The van der Waals surface area contributed by atoms with Crippen molar-refractivity contribution < 1.29 is 14.9 Å². The van der Waals surface area contributed by atoms with Crippen LogP contribution in [-0.2, 0) is 4.74 Å². The van der Waals surface area contributed by atoms with Crippen molar-refractivity contribution in [2.45, 2.75) is 25.9 Å². The SMILES string of the molecule is CCCOCCCNCC(O)CO. The van der Waals surface area contributed by atoms with Crippen molar-refractivity contribution in [2.75, 3.05) is 32.9 Å². The van der Waals surface area contributed by atoms with Crippen molar-refractivity contribution in [3.63, 3.8) is 0 Å². The van der Waals surface area contributed by atoms with Gasteiger partial charge in [-0.3, -0.25) is 0 Å². The van der Waals surface area contributed by atoms with Crippen molar-refractivity contribution in [2.24, 2.45) is 0 Å². The van der Waals surface area contributed by atoms with E-state index in [0.717, 1.165) is 32.6 Å². The standard InChI is InChI=1S/C9H21NO3/c1-2-5-13-6-3-4-10-7-9(12)8-11/h9-12H,2-8H2,1H3. The summed E-state index contributed by atoms with van der Waals surface area (Å²) in [6.45, 7) is 4.75. The fraction of sp³-hybridized carbons (Fsp3) is 1.00. The summed E-state index contributed by atoms with van der Waals surface area (Å²) in [6.07, 6.45) is 1.35. The number of nitrogens with one attached hydrogen (secondary N) is 1. The van der Waals surface area contributed by atoms with Crippen LogP contribution in [0.5, 0.6) is 0 Å². The molecule has 80 valence electrons. The number of hydrogen-bond donors (Lipinski definition) is 3. The summed E-state index contributed by atoms with van der Waals surface area (Å²) in [5.74, 6) is 0. The van der Waals surface area contributed by atoms with Gasteiger partial charge in [0.05, 0.1) is 12.7 Å². The van der Waals surface area contributed by atoms with Crippen molar-refractivity contribution in [1.29, 1.82) is 0 Å². The second-order valence-electron chi connectivity index (χ2n) is 3.01. The molecule has 1 unspecified atom stereocenters. The predicted molar refractivity (Wildman–Crippen MR) is 51.7 cm³/mol. The molecule has 0 rings (SSSR count). The van der Waals surface area contributed by atoms with Crippen molar-refractivity contribution in [3.05, 3.63) is 0 Å². The first kappa shape index (κ1) is 12.8. The molecule has 0 aliphatic heterocycles. The van der Waals surface area contributed by atoms with Gasteiger partial charge in [-0.2, -0.15) is 0 Å². The van der Waals surface area contributed by atoms with Crippen LogP contribution in [0.2, 0.25) is 0 Å². The molecule has 13 heavy (non-hydrogen) atoms. The molecule has 3 N–H and O–H groups in total. The first-order chi connectivity index (χ1) is 6.31. The molecule has 0 aromatic rings. The molecule has 0 aromatic heterocycles. The molecule has 0 saturated carbocycles. The van der Waals surface area contributed by atoms with Gasteiger partial charge in [0, 0.05) is 19.8 Å². The lowest BCUT2D eigenvalue weighted by molar-refractivity contribution is 0.0926. The molecule has 4 nitrogen and oxygen atoms in total. The molecule has 0 aromatic carbocycles. The van der Waals surface area contributed by atoms with Crippen LogP contribution in [0, 0.1) is 0 Å². The van der Waals surface area contributed by atoms with Gasteiger partial charge in [0.15, 0.2) is 0 Å². The van der Waals surface area contributed by atoms with Crippen molar-refractivity contribution in [1.82, 2.24) is 5.32 Å². The second-order valence-corrected chi connectivity index (χ2v) is 3.01. The van der Waals surface area contributed by atoms with Crippen LogP contribution in [0.25, 0.3) is 0 Å². The Morgan fingerprint density at radius 3 is 2.77 bits per heavy atom. The van der Waals surface area contributed by atoms with Crippen molar-refractivity contribution >= 4 is 0 Å². The molecule has 0 aliphatic rings. The lowest BCUT2D eigenvalue weighted by atomic mass is 10.3. The number of aliphatic hydroxyl groups excluding tert-OH is 2. The minimum Gasteiger partial charge on any atom is -0.394 e. The van der Waals surface area contributed by atoms with Gasteiger partial charge in [-0.15, -0.1) is 0 Å². The maximum Gasteiger partial charge on any atom is 0.0894 e. The van der Waals surface area contributed by atoms with E-state index >= 15 is 0 Å². The van der Waals surface area contributed by atoms with Crippen LogP contribution in [0.15, 0.2) is 0 Å². The van der Waals surface area contributed by atoms with Gasteiger partial charge in [0.1, 0.15) is 0 Å². The summed E-state index contributed by atoms with van der Waals surface area (Å²) in [5, 5.41) is 20.5. The zero-order chi connectivity index (χ0) is 9.94. The first-order valence-corrected chi connectivity index (χ1v) is 4.88. The summed E-state index contributed by atoms with van der Waals surface area (Å²) in [6, 6.07) is 0. The van der Waals surface area contributed by atoms with Gasteiger partial charge in [0.2, 0.25) is 0 Å². The molecule has 0 heterocycles. The van der Waals surface area contributed by atoms with E-state index in [1.54, 1.807) is 0 Å². The fourth-order valence-electron chi connectivity index (χ4n) is 0.879. The third-order valence-corrected chi connectivity index (χ3v) is 1.58. The molecule has 0 amide bonds. The molecule has 0 saturated heterocycles. The van der Waals surface area contributed by atoms with Crippen LogP contribution in [0.1, 0.15) is 19.8 Å². The molecule has 0 fully saturated rings. The Morgan fingerprint density at radius 2 is 2.15 bits per heavy atom. The van der Waals surface area contributed by atoms with Gasteiger partial charge in [-0.05, 0) is 19.4 Å². The van der Waals surface area contributed by atoms with E-state index in [9.17, 15) is 0 Å². The minimum absolute atomic E-state index is 0.181. The highest BCUT2D eigenvalue weighted by Crippen LogP contribution is 1.84. The van der Waals surface area contributed by atoms with Gasteiger partial charge >= 0.3 is 0 Å². The van der Waals surface area contributed by atoms with Crippen LogP contribution >= 0.6 is 0 Å². The van der Waals surface area contributed by atoms with Gasteiger partial charge in [0.25, 0.3) is 0 Å². The van der Waals surface area contributed by atoms with Crippen LogP contribution < -0.4 is 5.32 Å². The second kappa shape index (κ2) is 9.92. The quantitative estimate of drug-likeness (QED) is 0.440. The monoisotopic (exact) mass is 191 g/mol. The highest BCUT2D eigenvalue weighted by molar-refractivity contribution is 4.56. The summed E-state index contributed by atoms with van der Waals surface area (Å²) >= 11 is 0. The van der Waals surface area contributed by atoms with E-state index in [-0.39, 0.29) is 6.61 Å². The van der Waals surface area contributed by atoms with Gasteiger partial charge < -0.3 is 20.3 Å². The molecule has 0 radical (unpaired) electrons. The van der Waals surface area contributed by atoms with E-state index in [2.05, 4.69) is 12.2 Å². The summed E-state index contributed by atoms with van der Waals surface area (Å²) in [5.41, 5.74) is 0. The molecule has 0 aliphatic carbocycles. The Balaban J connectivity index is 2.91. The Labute approximate surface area is 79.9 Å². The molecule has 1 atom stereocenters. The Kier molecular flexibility index (Phi) is 9.80. The Morgan fingerprint density at radius 1 is 1.38 bits per heavy atom. The highest BCUT2D eigenvalue weighted by Gasteiger charge is 1.99. The molecule has 4 heteroatoms. The van der Waals surface area contributed by atoms with Gasteiger partial charge in [-0.1, -0.05) is 6.92 Å². The Bertz CT molecular complexity index is 101. The zero-order valence-corrected chi connectivity index (χ0v) is 8.33. The Hall–Kier alpha value is -0.160. The number of rotatable bonds is 9. The largest absolute Gasteiger partial charge is 0.394 e. The number of ether oxygens (including phenoxy) is 1. The average molecular weight is 191 g/mol. The van der Waals surface area contributed by atoms with Crippen LogP contribution in [0.4, 0.5) is 0 Å². The first-order valence-electron chi connectivity index (χ1n) is 4.88. The number of hydrogen-bond acceptors (Lipinski definition) is 4. The van der Waals surface area contributed by atoms with E-state index in [1.165, 1.54) is 0 Å². The third-order valence-electron chi connectivity index (χ3n) is 1.58. The number of aliphatic hydroxyl groups is 2. The minimum atomic E-state index is -0.642. The smallest absolute Gasteiger partial charge is 0.0894 e. The summed E-state index contributed by atoms with van der Waals surface area (Å²) in [7, 11) is 0. The highest BCUT2D eigenvalue weighted by atomic mass is 16.5. The lowest BCUT2D eigenvalue weighted by Gasteiger charge is -2.08. The normalized spacial score (nSPS) is 13.2. The topological polar surface area (TPSA) is 61.7 Å². The molecule has 0 bridgehead atoms. The summed E-state index contributed by atoms with van der Waals surface area (Å²) < 4.78 is 5.26. The van der Waals surface area contributed by atoms with Gasteiger partial charge in [-0.25, -0.2) is 0 Å². The van der Waals surface area contributed by atoms with Crippen molar-refractivity contribution in [3.8, 4) is 0 Å². The fourth-order valence-corrected chi connectivity index (χ4v) is 0.879. The maximum absolute atomic E-state index is 8.95. The third kappa shape index (κ3) is 9.76. The predicted octanol–water partition coefficient (Wildman–Crippen LogP) is -0.254. The molecule has 0 spiro atoms. The summed E-state index contributed by atoms with van der Waals surface area (Å²) in [4.78, 5) is 0. The molecular weight excluding hydrogens is 170 g/mol.